The number of aromatic nitrogens is 4. The second-order valence-electron chi connectivity index (χ2n) is 7.23. The number of hydrogen-bond acceptors (Lipinski definition) is 6. The van der Waals surface area contributed by atoms with Crippen LogP contribution in [-0.4, -0.2) is 36.9 Å². The van der Waals surface area contributed by atoms with Gasteiger partial charge >= 0.3 is 11.7 Å². The third kappa shape index (κ3) is 4.34. The fourth-order valence-electron chi connectivity index (χ4n) is 2.81. The average Bonchev–Trinajstić information content (AvgIpc) is 3.08. The lowest BCUT2D eigenvalue weighted by molar-refractivity contribution is -0.149. The van der Waals surface area contributed by atoms with Crippen LogP contribution in [0.5, 0.6) is 5.75 Å². The molecule has 0 aliphatic rings. The van der Waals surface area contributed by atoms with Crippen LogP contribution in [0.1, 0.15) is 13.8 Å². The van der Waals surface area contributed by atoms with Crippen LogP contribution in [0.2, 0.25) is 5.02 Å². The van der Waals surface area contributed by atoms with E-state index in [-0.39, 0.29) is 24.3 Å². The number of carbonyl (C=O) groups excluding carboxylic acids is 1. The summed E-state index contributed by atoms with van der Waals surface area (Å²) in [4.78, 5) is 40.8. The Bertz CT molecular complexity index is 1170. The van der Waals surface area contributed by atoms with Gasteiger partial charge < -0.3 is 14.0 Å². The quantitative estimate of drug-likeness (QED) is 0.560. The minimum Gasteiger partial charge on any atom is -0.484 e. The van der Waals surface area contributed by atoms with Crippen molar-refractivity contribution in [1.29, 1.82) is 0 Å². The topological polar surface area (TPSA) is 97.3 Å². The Morgan fingerprint density at radius 3 is 2.45 bits per heavy atom. The molecule has 0 aliphatic carbocycles. The molecule has 0 amide bonds. The van der Waals surface area contributed by atoms with E-state index < -0.39 is 22.8 Å². The Morgan fingerprint density at radius 2 is 1.79 bits per heavy atom. The van der Waals surface area contributed by atoms with Crippen LogP contribution in [0.15, 0.2) is 40.2 Å². The number of fused-ring (bicyclic) bond motifs is 1. The standard InChI is InChI=1S/C19H21ClN4O5/c1-19(2,29-13-7-5-12(20)6-8-13)10-28-14(25)9-24-11-21-16-15(24)17(26)23(4)18(27)22(16)3/h5-8,11H,9-10H2,1-4H3. The molecule has 0 saturated carbocycles. The number of aryl methyl sites for hydroxylation is 1. The van der Waals surface area contributed by atoms with Gasteiger partial charge in [-0.15, -0.1) is 0 Å². The molecule has 0 spiro atoms. The molecule has 0 atom stereocenters. The molecular weight excluding hydrogens is 400 g/mol. The highest BCUT2D eigenvalue weighted by Crippen LogP contribution is 2.21. The third-order valence-corrected chi connectivity index (χ3v) is 4.56. The zero-order valence-electron chi connectivity index (χ0n) is 16.5. The summed E-state index contributed by atoms with van der Waals surface area (Å²) < 4.78 is 14.7. The van der Waals surface area contributed by atoms with Gasteiger partial charge in [0, 0.05) is 19.1 Å². The molecule has 0 saturated heterocycles. The first-order valence-electron chi connectivity index (χ1n) is 8.80. The van der Waals surface area contributed by atoms with E-state index >= 15 is 0 Å². The van der Waals surface area contributed by atoms with E-state index in [0.717, 1.165) is 4.57 Å². The predicted octanol–water partition coefficient (Wildman–Crippen LogP) is 1.49. The van der Waals surface area contributed by atoms with Gasteiger partial charge in [0.05, 0.1) is 6.33 Å². The first-order chi connectivity index (χ1) is 13.6. The first-order valence-corrected chi connectivity index (χ1v) is 9.18. The highest BCUT2D eigenvalue weighted by atomic mass is 35.5. The van der Waals surface area contributed by atoms with Crippen LogP contribution in [0, 0.1) is 0 Å². The lowest BCUT2D eigenvalue weighted by atomic mass is 10.1. The van der Waals surface area contributed by atoms with Gasteiger partial charge in [-0.1, -0.05) is 11.6 Å². The fraction of sp³-hybridized carbons (Fsp3) is 0.368. The SMILES string of the molecule is Cn1c(=O)c2c(ncn2CC(=O)OCC(C)(C)Oc2ccc(Cl)cc2)n(C)c1=O. The van der Waals surface area contributed by atoms with Gasteiger partial charge in [0.25, 0.3) is 5.56 Å². The van der Waals surface area contributed by atoms with E-state index in [2.05, 4.69) is 4.98 Å². The molecule has 0 aliphatic heterocycles. The van der Waals surface area contributed by atoms with Gasteiger partial charge in [-0.2, -0.15) is 0 Å². The van der Waals surface area contributed by atoms with Gasteiger partial charge in [-0.05, 0) is 38.1 Å². The number of ether oxygens (including phenoxy) is 2. The predicted molar refractivity (Wildman–Crippen MR) is 107 cm³/mol. The minimum absolute atomic E-state index is 0.00240. The molecule has 0 fully saturated rings. The van der Waals surface area contributed by atoms with Crippen molar-refractivity contribution >= 4 is 28.7 Å². The normalized spacial score (nSPS) is 11.6. The van der Waals surface area contributed by atoms with Crippen LogP contribution >= 0.6 is 11.6 Å². The Labute approximate surface area is 171 Å². The summed E-state index contributed by atoms with van der Waals surface area (Å²) in [5.74, 6) is 0.0356. The summed E-state index contributed by atoms with van der Waals surface area (Å²) in [5.41, 5.74) is -1.43. The van der Waals surface area contributed by atoms with Gasteiger partial charge in [0.2, 0.25) is 0 Å². The van der Waals surface area contributed by atoms with Crippen LogP contribution in [0.25, 0.3) is 11.2 Å². The molecule has 29 heavy (non-hydrogen) atoms. The van der Waals surface area contributed by atoms with Gasteiger partial charge in [0.1, 0.15) is 24.5 Å². The lowest BCUT2D eigenvalue weighted by Gasteiger charge is -2.26. The maximum atomic E-state index is 12.4. The summed E-state index contributed by atoms with van der Waals surface area (Å²) in [7, 11) is 2.88. The summed E-state index contributed by atoms with van der Waals surface area (Å²) in [6.07, 6.45) is 1.34. The largest absolute Gasteiger partial charge is 0.484 e. The molecule has 154 valence electrons. The number of hydrogen-bond donors (Lipinski definition) is 0. The van der Waals surface area contributed by atoms with E-state index in [9.17, 15) is 14.4 Å². The molecule has 3 aromatic rings. The molecule has 2 heterocycles. The number of nitrogens with zero attached hydrogens (tertiary/aromatic N) is 4. The average molecular weight is 421 g/mol. The molecule has 2 aromatic heterocycles. The fourth-order valence-corrected chi connectivity index (χ4v) is 2.93. The third-order valence-electron chi connectivity index (χ3n) is 4.31. The number of imidazole rings is 1. The summed E-state index contributed by atoms with van der Waals surface area (Å²) >= 11 is 5.86. The monoisotopic (exact) mass is 420 g/mol. The van der Waals surface area contributed by atoms with Gasteiger partial charge in [0.15, 0.2) is 11.2 Å². The minimum atomic E-state index is -0.777. The maximum absolute atomic E-state index is 12.4. The zero-order chi connectivity index (χ0) is 21.3. The maximum Gasteiger partial charge on any atom is 0.332 e. The Balaban J connectivity index is 1.70. The van der Waals surface area contributed by atoms with Crippen molar-refractivity contribution < 1.29 is 14.3 Å². The van der Waals surface area contributed by atoms with Crippen LogP contribution < -0.4 is 16.0 Å². The van der Waals surface area contributed by atoms with Gasteiger partial charge in [-0.3, -0.25) is 18.7 Å². The Morgan fingerprint density at radius 1 is 1.14 bits per heavy atom. The zero-order valence-corrected chi connectivity index (χ0v) is 17.3. The number of esters is 1. The van der Waals surface area contributed by atoms with E-state index in [1.54, 1.807) is 38.1 Å². The molecule has 3 rings (SSSR count). The lowest BCUT2D eigenvalue weighted by Crippen LogP contribution is -2.38. The van der Waals surface area contributed by atoms with Crippen molar-refractivity contribution in [2.75, 3.05) is 6.61 Å². The van der Waals surface area contributed by atoms with Gasteiger partial charge in [-0.25, -0.2) is 9.78 Å². The molecule has 10 heteroatoms. The second kappa shape index (κ2) is 7.75. The molecule has 0 N–H and O–H groups in total. The van der Waals surface area contributed by atoms with Crippen molar-refractivity contribution in [2.45, 2.75) is 26.0 Å². The highest BCUT2D eigenvalue weighted by Gasteiger charge is 2.23. The highest BCUT2D eigenvalue weighted by molar-refractivity contribution is 6.30. The van der Waals surface area contributed by atoms with Crippen molar-refractivity contribution in [1.82, 2.24) is 18.7 Å². The Hall–Kier alpha value is -3.07. The van der Waals surface area contributed by atoms with Crippen molar-refractivity contribution in [3.63, 3.8) is 0 Å². The Kier molecular flexibility index (Phi) is 5.52. The molecule has 0 radical (unpaired) electrons. The first kappa shape index (κ1) is 20.7. The van der Waals surface area contributed by atoms with Crippen LogP contribution in [0.4, 0.5) is 0 Å². The number of halogens is 1. The summed E-state index contributed by atoms with van der Waals surface area (Å²) in [6.45, 7) is 3.35. The van der Waals surface area contributed by atoms with E-state index in [1.165, 1.54) is 29.6 Å². The molecule has 0 bridgehead atoms. The van der Waals surface area contributed by atoms with Crippen molar-refractivity contribution in [3.8, 4) is 5.75 Å². The number of carbonyl (C=O) groups is 1. The smallest absolute Gasteiger partial charge is 0.332 e. The van der Waals surface area contributed by atoms with E-state index in [1.807, 2.05) is 0 Å². The molecule has 9 nitrogen and oxygen atoms in total. The number of rotatable bonds is 6. The van der Waals surface area contributed by atoms with Crippen LogP contribution in [0.3, 0.4) is 0 Å². The summed E-state index contributed by atoms with van der Waals surface area (Å²) in [6, 6.07) is 6.86. The summed E-state index contributed by atoms with van der Waals surface area (Å²) in [5, 5.41) is 0.595. The molecular formula is C19H21ClN4O5. The number of benzene rings is 1. The molecule has 1 aromatic carbocycles. The van der Waals surface area contributed by atoms with E-state index in [4.69, 9.17) is 21.1 Å². The second-order valence-corrected chi connectivity index (χ2v) is 7.66. The van der Waals surface area contributed by atoms with Crippen LogP contribution in [-0.2, 0) is 30.2 Å². The van der Waals surface area contributed by atoms with Crippen molar-refractivity contribution in [2.24, 2.45) is 14.1 Å². The molecule has 0 unspecified atom stereocenters. The van der Waals surface area contributed by atoms with E-state index in [0.29, 0.717) is 10.8 Å². The van der Waals surface area contributed by atoms with Crippen molar-refractivity contribution in [3.05, 3.63) is 56.5 Å².